The van der Waals surface area contributed by atoms with Crippen molar-refractivity contribution < 1.29 is 0 Å². The second kappa shape index (κ2) is 5.68. The Labute approximate surface area is 125 Å². The second-order valence-electron chi connectivity index (χ2n) is 5.57. The molecule has 3 rings (SSSR count). The number of nitrogens with one attached hydrogen (secondary N) is 2. The van der Waals surface area contributed by atoms with E-state index in [0.717, 1.165) is 23.0 Å². The van der Waals surface area contributed by atoms with Crippen LogP contribution in [0, 0.1) is 6.92 Å². The molecule has 110 valence electrons. The molecule has 1 saturated carbocycles. The zero-order chi connectivity index (χ0) is 14.8. The number of pyridine rings is 1. The van der Waals surface area contributed by atoms with Crippen LogP contribution in [0.1, 0.15) is 48.7 Å². The third kappa shape index (κ3) is 2.96. The largest absolute Gasteiger partial charge is 0.373 e. The number of aromatic nitrogens is 3. The SMILES string of the molecule is CNc1nc(C2CC2)nc(NC(C)c2ccncc2)c1C. The lowest BCUT2D eigenvalue weighted by Crippen LogP contribution is -2.12. The molecule has 21 heavy (non-hydrogen) atoms. The summed E-state index contributed by atoms with van der Waals surface area (Å²) >= 11 is 0. The molecule has 0 saturated heterocycles. The first-order valence-electron chi connectivity index (χ1n) is 7.41. The van der Waals surface area contributed by atoms with E-state index >= 15 is 0 Å². The average molecular weight is 283 g/mol. The van der Waals surface area contributed by atoms with Gasteiger partial charge in [-0.2, -0.15) is 0 Å². The molecule has 0 bridgehead atoms. The van der Waals surface area contributed by atoms with E-state index < -0.39 is 0 Å². The van der Waals surface area contributed by atoms with Crippen LogP contribution >= 0.6 is 0 Å². The first kappa shape index (κ1) is 13.8. The van der Waals surface area contributed by atoms with Crippen LogP contribution in [0.3, 0.4) is 0 Å². The van der Waals surface area contributed by atoms with E-state index in [2.05, 4.69) is 27.5 Å². The zero-order valence-electron chi connectivity index (χ0n) is 12.7. The molecule has 1 atom stereocenters. The van der Waals surface area contributed by atoms with Crippen molar-refractivity contribution >= 4 is 11.6 Å². The van der Waals surface area contributed by atoms with Crippen LogP contribution in [0.4, 0.5) is 11.6 Å². The molecule has 1 aliphatic rings. The maximum Gasteiger partial charge on any atom is 0.136 e. The molecule has 5 heteroatoms. The quantitative estimate of drug-likeness (QED) is 0.881. The Morgan fingerprint density at radius 1 is 1.14 bits per heavy atom. The van der Waals surface area contributed by atoms with Gasteiger partial charge in [-0.05, 0) is 44.4 Å². The van der Waals surface area contributed by atoms with Gasteiger partial charge in [-0.25, -0.2) is 9.97 Å². The van der Waals surface area contributed by atoms with Crippen LogP contribution in [-0.2, 0) is 0 Å². The molecule has 1 unspecified atom stereocenters. The maximum absolute atomic E-state index is 4.73. The van der Waals surface area contributed by atoms with Crippen molar-refractivity contribution in [1.29, 1.82) is 0 Å². The molecule has 5 nitrogen and oxygen atoms in total. The fourth-order valence-corrected chi connectivity index (χ4v) is 2.38. The van der Waals surface area contributed by atoms with Gasteiger partial charge in [0.25, 0.3) is 0 Å². The van der Waals surface area contributed by atoms with Gasteiger partial charge in [-0.1, -0.05) is 0 Å². The van der Waals surface area contributed by atoms with Crippen LogP contribution in [0.15, 0.2) is 24.5 Å². The highest BCUT2D eigenvalue weighted by atomic mass is 15.1. The molecule has 0 spiro atoms. The maximum atomic E-state index is 4.73. The molecule has 2 aromatic rings. The van der Waals surface area contributed by atoms with Gasteiger partial charge in [0.15, 0.2) is 0 Å². The third-order valence-corrected chi connectivity index (χ3v) is 3.90. The van der Waals surface area contributed by atoms with Crippen molar-refractivity contribution in [3.8, 4) is 0 Å². The fourth-order valence-electron chi connectivity index (χ4n) is 2.38. The highest BCUT2D eigenvalue weighted by Gasteiger charge is 2.28. The number of hydrogen-bond donors (Lipinski definition) is 2. The average Bonchev–Trinajstić information content (AvgIpc) is 3.35. The Balaban J connectivity index is 1.88. The van der Waals surface area contributed by atoms with Gasteiger partial charge in [-0.3, -0.25) is 4.98 Å². The van der Waals surface area contributed by atoms with Crippen molar-refractivity contribution in [2.45, 2.75) is 38.6 Å². The van der Waals surface area contributed by atoms with Crippen molar-refractivity contribution in [2.24, 2.45) is 0 Å². The molecule has 2 N–H and O–H groups in total. The molecule has 1 aliphatic carbocycles. The van der Waals surface area contributed by atoms with Gasteiger partial charge in [-0.15, -0.1) is 0 Å². The van der Waals surface area contributed by atoms with Gasteiger partial charge in [0.2, 0.25) is 0 Å². The predicted octanol–water partition coefficient (Wildman–Crippen LogP) is 3.27. The Hall–Kier alpha value is -2.17. The summed E-state index contributed by atoms with van der Waals surface area (Å²) in [6, 6.07) is 4.22. The van der Waals surface area contributed by atoms with Crippen LogP contribution in [0.25, 0.3) is 0 Å². The van der Waals surface area contributed by atoms with E-state index in [1.54, 1.807) is 0 Å². The van der Waals surface area contributed by atoms with E-state index in [0.29, 0.717) is 5.92 Å². The predicted molar refractivity (Wildman–Crippen MR) is 84.6 cm³/mol. The zero-order valence-corrected chi connectivity index (χ0v) is 12.7. The van der Waals surface area contributed by atoms with Gasteiger partial charge < -0.3 is 10.6 Å². The summed E-state index contributed by atoms with van der Waals surface area (Å²) < 4.78 is 0. The molecule has 0 radical (unpaired) electrons. The topological polar surface area (TPSA) is 62.7 Å². The number of anilines is 2. The summed E-state index contributed by atoms with van der Waals surface area (Å²) in [7, 11) is 1.90. The fraction of sp³-hybridized carbons (Fsp3) is 0.438. The lowest BCUT2D eigenvalue weighted by Gasteiger charge is -2.18. The highest BCUT2D eigenvalue weighted by Crippen LogP contribution is 2.39. The standard InChI is InChI=1S/C16H21N5/c1-10-14(17-3)20-16(13-4-5-13)21-15(10)19-11(2)12-6-8-18-9-7-12/h6-9,11,13H,4-5H2,1-3H3,(H2,17,19,20,21). The molecule has 2 heterocycles. The number of rotatable bonds is 5. The third-order valence-electron chi connectivity index (χ3n) is 3.90. The summed E-state index contributed by atoms with van der Waals surface area (Å²) in [5, 5.41) is 6.68. The lowest BCUT2D eigenvalue weighted by molar-refractivity contribution is 0.847. The minimum atomic E-state index is 0.179. The Morgan fingerprint density at radius 3 is 2.43 bits per heavy atom. The van der Waals surface area contributed by atoms with E-state index in [1.807, 2.05) is 38.5 Å². The van der Waals surface area contributed by atoms with E-state index in [4.69, 9.17) is 4.98 Å². The monoisotopic (exact) mass is 283 g/mol. The van der Waals surface area contributed by atoms with E-state index in [9.17, 15) is 0 Å². The Bertz CT molecular complexity index is 622. The van der Waals surface area contributed by atoms with Crippen molar-refractivity contribution in [3.63, 3.8) is 0 Å². The first-order valence-corrected chi connectivity index (χ1v) is 7.41. The van der Waals surface area contributed by atoms with Gasteiger partial charge >= 0.3 is 0 Å². The van der Waals surface area contributed by atoms with Crippen molar-refractivity contribution in [1.82, 2.24) is 15.0 Å². The van der Waals surface area contributed by atoms with Crippen LogP contribution in [0.5, 0.6) is 0 Å². The molecule has 1 fully saturated rings. The Morgan fingerprint density at radius 2 is 1.81 bits per heavy atom. The summed E-state index contributed by atoms with van der Waals surface area (Å²) in [6.45, 7) is 4.18. The lowest BCUT2D eigenvalue weighted by atomic mass is 10.1. The van der Waals surface area contributed by atoms with Crippen LogP contribution in [0.2, 0.25) is 0 Å². The molecule has 2 aromatic heterocycles. The summed E-state index contributed by atoms with van der Waals surface area (Å²) in [6.07, 6.45) is 6.03. The van der Waals surface area contributed by atoms with Gasteiger partial charge in [0.05, 0.1) is 6.04 Å². The Kier molecular flexibility index (Phi) is 3.73. The van der Waals surface area contributed by atoms with Crippen molar-refractivity contribution in [3.05, 3.63) is 41.5 Å². The minimum absolute atomic E-state index is 0.179. The number of nitrogens with zero attached hydrogens (tertiary/aromatic N) is 3. The van der Waals surface area contributed by atoms with E-state index in [1.165, 1.54) is 18.4 Å². The number of hydrogen-bond acceptors (Lipinski definition) is 5. The molecule has 0 aromatic carbocycles. The molecular weight excluding hydrogens is 262 g/mol. The first-order chi connectivity index (χ1) is 10.2. The summed E-state index contributed by atoms with van der Waals surface area (Å²) in [4.78, 5) is 13.4. The second-order valence-corrected chi connectivity index (χ2v) is 5.57. The van der Waals surface area contributed by atoms with E-state index in [-0.39, 0.29) is 6.04 Å². The summed E-state index contributed by atoms with van der Waals surface area (Å²) in [5.74, 6) is 3.32. The van der Waals surface area contributed by atoms with Crippen LogP contribution < -0.4 is 10.6 Å². The minimum Gasteiger partial charge on any atom is -0.373 e. The smallest absolute Gasteiger partial charge is 0.136 e. The summed E-state index contributed by atoms with van der Waals surface area (Å²) in [5.41, 5.74) is 2.25. The highest BCUT2D eigenvalue weighted by molar-refractivity contribution is 5.58. The van der Waals surface area contributed by atoms with Crippen LogP contribution in [-0.4, -0.2) is 22.0 Å². The normalized spacial score (nSPS) is 15.6. The molecular formula is C16H21N5. The molecule has 0 aliphatic heterocycles. The van der Waals surface area contributed by atoms with Gasteiger partial charge in [0, 0.05) is 30.9 Å². The van der Waals surface area contributed by atoms with Gasteiger partial charge in [0.1, 0.15) is 17.5 Å². The van der Waals surface area contributed by atoms with Crippen molar-refractivity contribution in [2.75, 3.05) is 17.7 Å². The molecule has 0 amide bonds.